The lowest BCUT2D eigenvalue weighted by molar-refractivity contribution is 0.291. The van der Waals surface area contributed by atoms with E-state index in [0.29, 0.717) is 29.3 Å². The number of aromatic nitrogens is 3. The largest absolute Gasteiger partial charge is 0.496 e. The number of ether oxygens (including phenoxy) is 2. The summed E-state index contributed by atoms with van der Waals surface area (Å²) in [6.45, 7) is 6.12. The molecule has 0 aliphatic heterocycles. The van der Waals surface area contributed by atoms with Gasteiger partial charge >= 0.3 is 0 Å². The maximum absolute atomic E-state index is 9.81. The highest BCUT2D eigenvalue weighted by Crippen LogP contribution is 2.36. The first-order valence-corrected chi connectivity index (χ1v) is 9.86. The Balaban J connectivity index is 1.89. The van der Waals surface area contributed by atoms with Gasteiger partial charge in [0.25, 0.3) is 0 Å². The number of aryl methyl sites for hydroxylation is 2. The van der Waals surface area contributed by atoms with Gasteiger partial charge in [-0.25, -0.2) is 9.97 Å². The average Bonchev–Trinajstić information content (AvgIpc) is 3.03. The number of nitrogen functional groups attached to an aromatic ring is 1. The van der Waals surface area contributed by atoms with Crippen LogP contribution in [0.25, 0.3) is 16.9 Å². The fourth-order valence-corrected chi connectivity index (χ4v) is 3.74. The number of nitrogens with two attached hydrogens (primary N) is 1. The number of nitrogens with zero attached hydrogens (tertiary/aromatic N) is 4. The molecular formula is C24H23N5O2. The molecule has 2 heterocycles. The molecule has 0 atom stereocenters. The van der Waals surface area contributed by atoms with Crippen LogP contribution in [-0.2, 0) is 6.61 Å². The van der Waals surface area contributed by atoms with Crippen LogP contribution in [0.3, 0.4) is 0 Å². The summed E-state index contributed by atoms with van der Waals surface area (Å²) in [6, 6.07) is 15.9. The van der Waals surface area contributed by atoms with E-state index in [0.717, 1.165) is 28.1 Å². The zero-order valence-corrected chi connectivity index (χ0v) is 17.9. The van der Waals surface area contributed by atoms with Gasteiger partial charge in [0.15, 0.2) is 5.65 Å². The molecule has 0 saturated carbocycles. The molecule has 31 heavy (non-hydrogen) atoms. The average molecular weight is 413 g/mol. The summed E-state index contributed by atoms with van der Waals surface area (Å²) < 4.78 is 13.2. The molecule has 7 heteroatoms. The van der Waals surface area contributed by atoms with Crippen molar-refractivity contribution in [2.24, 2.45) is 0 Å². The minimum absolute atomic E-state index is 0.272. The van der Waals surface area contributed by atoms with Crippen molar-refractivity contribution in [2.45, 2.75) is 27.4 Å². The van der Waals surface area contributed by atoms with Crippen molar-refractivity contribution >= 4 is 17.0 Å². The first kappa shape index (κ1) is 20.2. The summed E-state index contributed by atoms with van der Waals surface area (Å²) in [5, 5.41) is 9.81. The molecule has 0 unspecified atom stereocenters. The second-order valence-electron chi connectivity index (χ2n) is 7.33. The predicted octanol–water partition coefficient (Wildman–Crippen LogP) is 4.39. The zero-order chi connectivity index (χ0) is 22.1. The molecule has 2 aromatic heterocycles. The van der Waals surface area contributed by atoms with Crippen molar-refractivity contribution in [2.75, 3.05) is 12.8 Å². The van der Waals surface area contributed by atoms with Gasteiger partial charge in [0.1, 0.15) is 41.0 Å². The van der Waals surface area contributed by atoms with Crippen LogP contribution in [0.4, 0.5) is 5.82 Å². The summed E-state index contributed by atoms with van der Waals surface area (Å²) in [6.07, 6.45) is 0. The maximum Gasteiger partial charge on any atom is 0.236 e. The van der Waals surface area contributed by atoms with Gasteiger partial charge in [-0.15, -0.1) is 0 Å². The summed E-state index contributed by atoms with van der Waals surface area (Å²) in [5.41, 5.74) is 12.0. The number of rotatable bonds is 5. The molecule has 156 valence electrons. The molecule has 0 aliphatic rings. The quantitative estimate of drug-likeness (QED) is 0.521. The van der Waals surface area contributed by atoms with Crippen molar-refractivity contribution in [3.63, 3.8) is 0 Å². The molecule has 0 bridgehead atoms. The van der Waals surface area contributed by atoms with Gasteiger partial charge < -0.3 is 15.2 Å². The summed E-state index contributed by atoms with van der Waals surface area (Å²) >= 11 is 0. The first-order chi connectivity index (χ1) is 15.0. The highest BCUT2D eigenvalue weighted by molar-refractivity contribution is 5.89. The Morgan fingerprint density at radius 1 is 1.06 bits per heavy atom. The van der Waals surface area contributed by atoms with E-state index in [1.54, 1.807) is 11.7 Å². The Hall–Kier alpha value is -4.05. The van der Waals surface area contributed by atoms with Crippen LogP contribution in [0, 0.1) is 32.1 Å². The Bertz CT molecular complexity index is 1320. The second-order valence-corrected chi connectivity index (χ2v) is 7.33. The van der Waals surface area contributed by atoms with Gasteiger partial charge in [-0.2, -0.15) is 5.26 Å². The predicted molar refractivity (Wildman–Crippen MR) is 120 cm³/mol. The highest BCUT2D eigenvalue weighted by atomic mass is 16.5. The maximum atomic E-state index is 9.81. The third-order valence-corrected chi connectivity index (χ3v) is 5.31. The van der Waals surface area contributed by atoms with Crippen LogP contribution >= 0.6 is 0 Å². The monoisotopic (exact) mass is 413 g/mol. The molecule has 0 fully saturated rings. The summed E-state index contributed by atoms with van der Waals surface area (Å²) in [4.78, 5) is 9.37. The van der Waals surface area contributed by atoms with E-state index < -0.39 is 0 Å². The van der Waals surface area contributed by atoms with Gasteiger partial charge in [-0.05, 0) is 38.0 Å². The van der Waals surface area contributed by atoms with Gasteiger partial charge in [0.2, 0.25) is 5.88 Å². The van der Waals surface area contributed by atoms with Crippen molar-refractivity contribution in [1.82, 2.24) is 14.5 Å². The second kappa shape index (κ2) is 8.00. The van der Waals surface area contributed by atoms with Crippen molar-refractivity contribution in [3.8, 4) is 23.4 Å². The molecular weight excluding hydrogens is 390 g/mol. The minimum atomic E-state index is 0.272. The van der Waals surface area contributed by atoms with Crippen LogP contribution in [0.15, 0.2) is 42.5 Å². The van der Waals surface area contributed by atoms with Crippen LogP contribution in [0.2, 0.25) is 0 Å². The SMILES string of the molecule is COc1ccc(C)c(-n2c(N)c(C#N)c3nc(OCc4ccccc4)c(C)nc32)c1C. The number of hydrogen-bond acceptors (Lipinski definition) is 6. The van der Waals surface area contributed by atoms with Crippen LogP contribution in [0.5, 0.6) is 11.6 Å². The zero-order valence-electron chi connectivity index (χ0n) is 17.9. The van der Waals surface area contributed by atoms with E-state index in [4.69, 9.17) is 20.2 Å². The van der Waals surface area contributed by atoms with Gasteiger partial charge in [0, 0.05) is 5.56 Å². The standard InChI is InChI=1S/C24H23N5O2/c1-14-10-11-19(30-4)15(2)21(14)29-22(26)18(12-25)20-23(29)27-16(3)24(28-20)31-13-17-8-6-5-7-9-17/h5-11H,13,26H2,1-4H3. The smallest absolute Gasteiger partial charge is 0.236 e. The van der Waals surface area contributed by atoms with Crippen molar-refractivity contribution in [1.29, 1.82) is 5.26 Å². The van der Waals surface area contributed by atoms with Gasteiger partial charge in [0.05, 0.1) is 12.8 Å². The number of nitriles is 1. The number of anilines is 1. The lowest BCUT2D eigenvalue weighted by Crippen LogP contribution is -2.07. The molecule has 0 radical (unpaired) electrons. The number of methoxy groups -OCH3 is 1. The number of hydrogen-bond donors (Lipinski definition) is 1. The fraction of sp³-hybridized carbons (Fsp3) is 0.208. The molecule has 0 amide bonds. The molecule has 0 saturated heterocycles. The van der Waals surface area contributed by atoms with E-state index >= 15 is 0 Å². The van der Waals surface area contributed by atoms with E-state index in [-0.39, 0.29) is 11.4 Å². The normalized spacial score (nSPS) is 10.8. The van der Waals surface area contributed by atoms with Gasteiger partial charge in [-0.1, -0.05) is 36.4 Å². The Kier molecular flexibility index (Phi) is 5.22. The molecule has 0 aliphatic carbocycles. The first-order valence-electron chi connectivity index (χ1n) is 9.86. The topological polar surface area (TPSA) is 99.0 Å². The molecule has 4 aromatic rings. The lowest BCUT2D eigenvalue weighted by Gasteiger charge is -2.16. The Morgan fingerprint density at radius 3 is 2.48 bits per heavy atom. The molecule has 2 aromatic carbocycles. The van der Waals surface area contributed by atoms with Crippen molar-refractivity contribution < 1.29 is 9.47 Å². The molecule has 7 nitrogen and oxygen atoms in total. The van der Waals surface area contributed by atoms with E-state index in [1.165, 1.54) is 0 Å². The third kappa shape index (κ3) is 3.42. The third-order valence-electron chi connectivity index (χ3n) is 5.31. The van der Waals surface area contributed by atoms with E-state index in [1.807, 2.05) is 63.2 Å². The van der Waals surface area contributed by atoms with Crippen molar-refractivity contribution in [3.05, 3.63) is 70.4 Å². The molecule has 4 rings (SSSR count). The Morgan fingerprint density at radius 2 is 1.81 bits per heavy atom. The Labute approximate surface area is 180 Å². The van der Waals surface area contributed by atoms with Crippen LogP contribution in [-0.4, -0.2) is 21.6 Å². The van der Waals surface area contributed by atoms with Gasteiger partial charge in [-0.3, -0.25) is 4.57 Å². The highest BCUT2D eigenvalue weighted by Gasteiger charge is 2.24. The van der Waals surface area contributed by atoms with Crippen LogP contribution < -0.4 is 15.2 Å². The number of benzene rings is 2. The fourth-order valence-electron chi connectivity index (χ4n) is 3.74. The van der Waals surface area contributed by atoms with E-state index in [9.17, 15) is 5.26 Å². The molecule has 0 spiro atoms. The summed E-state index contributed by atoms with van der Waals surface area (Å²) in [5.74, 6) is 1.40. The lowest BCUT2D eigenvalue weighted by atomic mass is 10.1. The molecule has 2 N–H and O–H groups in total. The van der Waals surface area contributed by atoms with Crippen LogP contribution in [0.1, 0.15) is 27.9 Å². The van der Waals surface area contributed by atoms with E-state index in [2.05, 4.69) is 11.1 Å². The minimum Gasteiger partial charge on any atom is -0.496 e. The number of fused-ring (bicyclic) bond motifs is 1. The summed E-state index contributed by atoms with van der Waals surface area (Å²) in [7, 11) is 1.62.